The van der Waals surface area contributed by atoms with Gasteiger partial charge >= 0.3 is 0 Å². The Balaban J connectivity index is 2.09. The molecule has 3 rings (SSSR count). The van der Waals surface area contributed by atoms with Gasteiger partial charge in [0.05, 0.1) is 0 Å². The molecule has 124 valence electrons. The second kappa shape index (κ2) is 7.92. The van der Waals surface area contributed by atoms with E-state index < -0.39 is 0 Å². The van der Waals surface area contributed by atoms with Gasteiger partial charge < -0.3 is 10.4 Å². The molecule has 0 aliphatic rings. The summed E-state index contributed by atoms with van der Waals surface area (Å²) in [6.07, 6.45) is 3.56. The Morgan fingerprint density at radius 3 is 2.16 bits per heavy atom. The second-order valence-corrected chi connectivity index (χ2v) is 6.08. The molecule has 2 aromatic carbocycles. The maximum absolute atomic E-state index is 13.1. The number of thiocarbonyl (C=S) groups is 1. The van der Waals surface area contributed by atoms with Crippen molar-refractivity contribution in [3.05, 3.63) is 95.8 Å². The van der Waals surface area contributed by atoms with Crippen LogP contribution in [0.4, 0.5) is 5.69 Å². The molecule has 0 aliphatic carbocycles. The quantitative estimate of drug-likeness (QED) is 0.331. The first kappa shape index (κ1) is 17.1. The van der Waals surface area contributed by atoms with E-state index in [0.717, 1.165) is 5.69 Å². The van der Waals surface area contributed by atoms with Crippen LogP contribution in [0.25, 0.3) is 11.5 Å². The predicted octanol–water partition coefficient (Wildman–Crippen LogP) is 3.75. The van der Waals surface area contributed by atoms with Crippen molar-refractivity contribution in [3.8, 4) is 0 Å². The summed E-state index contributed by atoms with van der Waals surface area (Å²) in [6, 6.07) is 22.0. The van der Waals surface area contributed by atoms with Crippen LogP contribution in [0.15, 0.2) is 85.2 Å². The molecule has 0 atom stereocenters. The fourth-order valence-electron chi connectivity index (χ4n) is 2.37. The second-order valence-electron chi connectivity index (χ2n) is 5.26. The molecule has 0 saturated heterocycles. The summed E-state index contributed by atoms with van der Waals surface area (Å²) in [5.41, 5.74) is 1.56. The SMILES string of the molecule is [O-]C(=C(C(=S)Nc1ccccc1)[n+]1ccccc1)c1ccccc1Cl. The lowest BCUT2D eigenvalue weighted by atomic mass is 10.1. The highest BCUT2D eigenvalue weighted by molar-refractivity contribution is 7.81. The highest BCUT2D eigenvalue weighted by atomic mass is 35.5. The van der Waals surface area contributed by atoms with Crippen LogP contribution in [-0.4, -0.2) is 4.99 Å². The van der Waals surface area contributed by atoms with Crippen molar-refractivity contribution in [2.45, 2.75) is 0 Å². The number of pyridine rings is 1. The van der Waals surface area contributed by atoms with E-state index in [1.54, 1.807) is 41.2 Å². The van der Waals surface area contributed by atoms with Gasteiger partial charge in [-0.15, -0.1) is 0 Å². The van der Waals surface area contributed by atoms with Crippen LogP contribution in [0.5, 0.6) is 0 Å². The average Bonchev–Trinajstić information content (AvgIpc) is 2.64. The molecule has 0 aliphatic heterocycles. The van der Waals surface area contributed by atoms with Crippen LogP contribution < -0.4 is 15.0 Å². The normalized spacial score (nSPS) is 11.6. The molecule has 3 aromatic rings. The van der Waals surface area contributed by atoms with Crippen molar-refractivity contribution < 1.29 is 9.67 Å². The number of nitrogens with one attached hydrogen (secondary N) is 1. The van der Waals surface area contributed by atoms with Crippen LogP contribution in [0, 0.1) is 0 Å². The molecule has 0 unspecified atom stereocenters. The summed E-state index contributed by atoms with van der Waals surface area (Å²) in [5.74, 6) is -0.241. The Morgan fingerprint density at radius 2 is 1.48 bits per heavy atom. The maximum Gasteiger partial charge on any atom is 0.238 e. The maximum atomic E-state index is 13.1. The van der Waals surface area contributed by atoms with E-state index in [9.17, 15) is 5.11 Å². The summed E-state index contributed by atoms with van der Waals surface area (Å²) in [5, 5.41) is 16.6. The van der Waals surface area contributed by atoms with Crippen molar-refractivity contribution in [2.75, 3.05) is 5.32 Å². The number of hydrogen-bond donors (Lipinski definition) is 1. The molecule has 0 bridgehead atoms. The zero-order valence-corrected chi connectivity index (χ0v) is 14.8. The minimum absolute atomic E-state index is 0.241. The van der Waals surface area contributed by atoms with Crippen LogP contribution in [0.2, 0.25) is 5.02 Å². The Kier molecular flexibility index (Phi) is 5.43. The van der Waals surface area contributed by atoms with E-state index in [-0.39, 0.29) is 5.76 Å². The zero-order chi connectivity index (χ0) is 17.6. The monoisotopic (exact) mass is 366 g/mol. The Bertz CT molecular complexity index is 911. The van der Waals surface area contributed by atoms with Gasteiger partial charge in [-0.1, -0.05) is 66.3 Å². The lowest BCUT2D eigenvalue weighted by molar-refractivity contribution is -0.577. The summed E-state index contributed by atoms with van der Waals surface area (Å²) in [7, 11) is 0. The molecular weight excluding hydrogens is 352 g/mol. The summed E-state index contributed by atoms with van der Waals surface area (Å²) < 4.78 is 1.70. The van der Waals surface area contributed by atoms with Gasteiger partial charge in [0, 0.05) is 22.8 Å². The summed E-state index contributed by atoms with van der Waals surface area (Å²) >= 11 is 11.7. The molecule has 0 saturated carbocycles. The first-order chi connectivity index (χ1) is 12.2. The number of rotatable bonds is 4. The molecule has 3 nitrogen and oxygen atoms in total. The molecular formula is C20H15ClN2OS. The van der Waals surface area contributed by atoms with E-state index in [2.05, 4.69) is 5.32 Å². The first-order valence-electron chi connectivity index (χ1n) is 7.66. The smallest absolute Gasteiger partial charge is 0.238 e. The van der Waals surface area contributed by atoms with Gasteiger partial charge in [0.15, 0.2) is 17.4 Å². The molecule has 25 heavy (non-hydrogen) atoms. The van der Waals surface area contributed by atoms with Crippen molar-refractivity contribution in [2.24, 2.45) is 0 Å². The van der Waals surface area contributed by atoms with Crippen LogP contribution in [0.1, 0.15) is 5.56 Å². The average molecular weight is 367 g/mol. The van der Waals surface area contributed by atoms with Crippen LogP contribution in [0.3, 0.4) is 0 Å². The number of halogens is 1. The molecule has 1 heterocycles. The molecule has 0 spiro atoms. The molecule has 1 N–H and O–H groups in total. The molecule has 1 aromatic heterocycles. The molecule has 0 radical (unpaired) electrons. The third kappa shape index (κ3) is 4.05. The van der Waals surface area contributed by atoms with E-state index >= 15 is 0 Å². The first-order valence-corrected chi connectivity index (χ1v) is 8.44. The van der Waals surface area contributed by atoms with Crippen LogP contribution in [-0.2, 0) is 0 Å². The van der Waals surface area contributed by atoms with Crippen molar-refractivity contribution in [1.82, 2.24) is 0 Å². The molecule has 5 heteroatoms. The van der Waals surface area contributed by atoms with Gasteiger partial charge in [-0.3, -0.25) is 0 Å². The lowest BCUT2D eigenvalue weighted by Gasteiger charge is -2.17. The molecule has 0 fully saturated rings. The third-order valence-electron chi connectivity index (χ3n) is 3.55. The number of anilines is 1. The van der Waals surface area contributed by atoms with Gasteiger partial charge in [-0.25, -0.2) is 0 Å². The number of nitrogens with zero attached hydrogens (tertiary/aromatic N) is 1. The Labute approximate surface area is 156 Å². The minimum atomic E-state index is -0.241. The van der Waals surface area contributed by atoms with Gasteiger partial charge in [0.25, 0.3) is 0 Å². The van der Waals surface area contributed by atoms with Crippen molar-refractivity contribution >= 4 is 46.0 Å². The number of hydrogen-bond acceptors (Lipinski definition) is 2. The van der Waals surface area contributed by atoms with E-state index in [1.807, 2.05) is 48.5 Å². The van der Waals surface area contributed by atoms with Crippen LogP contribution >= 0.6 is 23.8 Å². The Hall–Kier alpha value is -2.69. The lowest BCUT2D eigenvalue weighted by Crippen LogP contribution is -2.39. The Morgan fingerprint density at radius 1 is 0.880 bits per heavy atom. The van der Waals surface area contributed by atoms with E-state index in [4.69, 9.17) is 23.8 Å². The number of aromatic nitrogens is 1. The zero-order valence-electron chi connectivity index (χ0n) is 13.2. The van der Waals surface area contributed by atoms with Gasteiger partial charge in [-0.05, 0) is 29.5 Å². The predicted molar refractivity (Wildman–Crippen MR) is 104 cm³/mol. The standard InChI is InChI=1S/C20H15ClN2OS/c21-17-12-6-5-11-16(17)19(24)18(23-13-7-2-8-14-23)20(25)22-15-9-3-1-4-10-15/h1-14H,(H-,22,24,25). The largest absolute Gasteiger partial charge is 0.867 e. The number of para-hydroxylation sites is 1. The van der Waals surface area contributed by atoms with Gasteiger partial charge in [0.2, 0.25) is 5.70 Å². The minimum Gasteiger partial charge on any atom is -0.867 e. The topological polar surface area (TPSA) is 39.0 Å². The molecule has 0 amide bonds. The van der Waals surface area contributed by atoms with E-state index in [1.165, 1.54) is 0 Å². The third-order valence-corrected chi connectivity index (χ3v) is 4.18. The van der Waals surface area contributed by atoms with Gasteiger partial charge in [-0.2, -0.15) is 4.57 Å². The van der Waals surface area contributed by atoms with Gasteiger partial charge in [0.1, 0.15) is 0 Å². The van der Waals surface area contributed by atoms with Crippen molar-refractivity contribution in [1.29, 1.82) is 0 Å². The summed E-state index contributed by atoms with van der Waals surface area (Å²) in [4.78, 5) is 0.326. The highest BCUT2D eigenvalue weighted by Crippen LogP contribution is 2.23. The summed E-state index contributed by atoms with van der Waals surface area (Å²) in [6.45, 7) is 0. The van der Waals surface area contributed by atoms with E-state index in [0.29, 0.717) is 21.3 Å². The number of benzene rings is 2. The van der Waals surface area contributed by atoms with Crippen molar-refractivity contribution in [3.63, 3.8) is 0 Å². The fraction of sp³-hybridized carbons (Fsp3) is 0. The fourth-order valence-corrected chi connectivity index (χ4v) is 2.91. The highest BCUT2D eigenvalue weighted by Gasteiger charge is 2.19.